The van der Waals surface area contributed by atoms with E-state index in [4.69, 9.17) is 14.6 Å². The topological polar surface area (TPSA) is 125 Å². The SMILES string of the molecule is Cc1cc(C(=O)OC(C)C(=O)Nc2ccc(Oc3ccccc3)cc2)cc(S(N)(=O)=O)c1C. The third-order valence-electron chi connectivity index (χ3n) is 4.92. The van der Waals surface area contributed by atoms with Gasteiger partial charge in [0.05, 0.1) is 10.5 Å². The van der Waals surface area contributed by atoms with Gasteiger partial charge in [0, 0.05) is 5.69 Å². The maximum Gasteiger partial charge on any atom is 0.338 e. The Morgan fingerprint density at radius 1 is 0.939 bits per heavy atom. The number of sulfonamides is 1. The lowest BCUT2D eigenvalue weighted by molar-refractivity contribution is -0.123. The summed E-state index contributed by atoms with van der Waals surface area (Å²) in [6.07, 6.45) is -1.13. The van der Waals surface area contributed by atoms with Crippen molar-refractivity contribution in [2.45, 2.75) is 31.8 Å². The smallest absolute Gasteiger partial charge is 0.338 e. The van der Waals surface area contributed by atoms with Crippen molar-refractivity contribution in [3.8, 4) is 11.5 Å². The number of esters is 1. The third-order valence-corrected chi connectivity index (χ3v) is 5.95. The largest absolute Gasteiger partial charge is 0.457 e. The van der Waals surface area contributed by atoms with Crippen LogP contribution in [0.4, 0.5) is 5.69 Å². The Morgan fingerprint density at radius 2 is 1.55 bits per heavy atom. The molecule has 1 unspecified atom stereocenters. The van der Waals surface area contributed by atoms with Crippen molar-refractivity contribution in [1.29, 1.82) is 0 Å². The van der Waals surface area contributed by atoms with Gasteiger partial charge in [0.25, 0.3) is 5.91 Å². The Labute approximate surface area is 192 Å². The number of carbonyl (C=O) groups is 2. The average molecular weight is 469 g/mol. The second-order valence-electron chi connectivity index (χ2n) is 7.44. The van der Waals surface area contributed by atoms with E-state index in [1.807, 2.05) is 30.3 Å². The Hall–Kier alpha value is -3.69. The zero-order chi connectivity index (χ0) is 24.2. The minimum Gasteiger partial charge on any atom is -0.457 e. The molecule has 33 heavy (non-hydrogen) atoms. The van der Waals surface area contributed by atoms with Crippen molar-refractivity contribution in [3.63, 3.8) is 0 Å². The summed E-state index contributed by atoms with van der Waals surface area (Å²) in [5.41, 5.74) is 1.48. The molecule has 3 N–H and O–H groups in total. The Morgan fingerprint density at radius 3 is 2.15 bits per heavy atom. The number of hydrogen-bond donors (Lipinski definition) is 2. The van der Waals surface area contributed by atoms with Crippen LogP contribution in [0.1, 0.15) is 28.4 Å². The predicted molar refractivity (Wildman–Crippen MR) is 124 cm³/mol. The standard InChI is InChI=1S/C24H24N2O6S/c1-15-13-18(14-22(16(15)2)33(25,29)30)24(28)31-17(3)23(27)26-19-9-11-21(12-10-19)32-20-7-5-4-6-8-20/h4-14,17H,1-3H3,(H,26,27)(H2,25,29,30). The van der Waals surface area contributed by atoms with Gasteiger partial charge in [-0.3, -0.25) is 4.79 Å². The van der Waals surface area contributed by atoms with Crippen LogP contribution in [-0.2, 0) is 19.6 Å². The molecule has 0 heterocycles. The Bertz CT molecular complexity index is 1270. The molecular weight excluding hydrogens is 444 g/mol. The molecule has 0 aliphatic rings. The fraction of sp³-hybridized carbons (Fsp3) is 0.167. The minimum atomic E-state index is -4.02. The monoisotopic (exact) mass is 468 g/mol. The van der Waals surface area contributed by atoms with Crippen LogP contribution in [0.5, 0.6) is 11.5 Å². The normalized spacial score (nSPS) is 12.0. The molecule has 0 aliphatic carbocycles. The number of nitrogens with one attached hydrogen (secondary N) is 1. The van der Waals surface area contributed by atoms with Crippen molar-refractivity contribution in [2.75, 3.05) is 5.32 Å². The zero-order valence-corrected chi connectivity index (χ0v) is 19.2. The van der Waals surface area contributed by atoms with Gasteiger partial charge in [-0.15, -0.1) is 0 Å². The lowest BCUT2D eigenvalue weighted by atomic mass is 10.1. The van der Waals surface area contributed by atoms with Crippen LogP contribution in [0, 0.1) is 13.8 Å². The first-order chi connectivity index (χ1) is 15.5. The van der Waals surface area contributed by atoms with Gasteiger partial charge in [0.15, 0.2) is 6.10 Å². The highest BCUT2D eigenvalue weighted by Gasteiger charge is 2.22. The summed E-state index contributed by atoms with van der Waals surface area (Å²) in [6, 6.07) is 18.6. The summed E-state index contributed by atoms with van der Waals surface area (Å²) in [4.78, 5) is 24.8. The van der Waals surface area contributed by atoms with Gasteiger partial charge in [-0.05, 0) is 80.4 Å². The van der Waals surface area contributed by atoms with Crippen molar-refractivity contribution >= 4 is 27.6 Å². The van der Waals surface area contributed by atoms with Crippen LogP contribution >= 0.6 is 0 Å². The fourth-order valence-corrected chi connectivity index (χ4v) is 3.88. The number of nitrogens with two attached hydrogens (primary N) is 1. The molecular formula is C24H24N2O6S. The van der Waals surface area contributed by atoms with Crippen LogP contribution < -0.4 is 15.2 Å². The maximum absolute atomic E-state index is 12.5. The molecule has 1 amide bonds. The highest BCUT2D eigenvalue weighted by Crippen LogP contribution is 2.23. The highest BCUT2D eigenvalue weighted by molar-refractivity contribution is 7.89. The van der Waals surface area contributed by atoms with Crippen molar-refractivity contribution in [3.05, 3.63) is 83.4 Å². The molecule has 3 rings (SSSR count). The van der Waals surface area contributed by atoms with Gasteiger partial charge in [0.1, 0.15) is 11.5 Å². The van der Waals surface area contributed by atoms with Gasteiger partial charge < -0.3 is 14.8 Å². The summed E-state index contributed by atoms with van der Waals surface area (Å²) in [5, 5.41) is 7.89. The summed E-state index contributed by atoms with van der Waals surface area (Å²) < 4.78 is 34.5. The van der Waals surface area contributed by atoms with Crippen LogP contribution in [0.3, 0.4) is 0 Å². The molecule has 9 heteroatoms. The number of primary sulfonamides is 1. The first kappa shape index (κ1) is 24.0. The van der Waals surface area contributed by atoms with Gasteiger partial charge in [-0.25, -0.2) is 18.4 Å². The lowest BCUT2D eigenvalue weighted by Gasteiger charge is -2.15. The average Bonchev–Trinajstić information content (AvgIpc) is 2.76. The number of aryl methyl sites for hydroxylation is 1. The quantitative estimate of drug-likeness (QED) is 0.506. The van der Waals surface area contributed by atoms with Gasteiger partial charge in [-0.1, -0.05) is 18.2 Å². The third kappa shape index (κ3) is 6.18. The number of hydrogen-bond acceptors (Lipinski definition) is 6. The molecule has 0 aromatic heterocycles. The molecule has 3 aromatic rings. The van der Waals surface area contributed by atoms with Crippen LogP contribution in [0.25, 0.3) is 0 Å². The number of ether oxygens (including phenoxy) is 2. The number of rotatable bonds is 7. The lowest BCUT2D eigenvalue weighted by Crippen LogP contribution is -2.30. The number of para-hydroxylation sites is 1. The molecule has 0 spiro atoms. The minimum absolute atomic E-state index is 0.0100. The van der Waals surface area contributed by atoms with Gasteiger partial charge in [0.2, 0.25) is 10.0 Å². The van der Waals surface area contributed by atoms with E-state index in [9.17, 15) is 18.0 Å². The van der Waals surface area contributed by atoms with Crippen LogP contribution in [-0.4, -0.2) is 26.4 Å². The Kier molecular flexibility index (Phi) is 7.15. The second kappa shape index (κ2) is 9.85. The van der Waals surface area contributed by atoms with E-state index in [-0.39, 0.29) is 10.5 Å². The summed E-state index contributed by atoms with van der Waals surface area (Å²) >= 11 is 0. The first-order valence-electron chi connectivity index (χ1n) is 10.0. The molecule has 0 radical (unpaired) electrons. The van der Waals surface area contributed by atoms with Crippen molar-refractivity contribution in [2.24, 2.45) is 5.14 Å². The van der Waals surface area contributed by atoms with E-state index in [1.54, 1.807) is 38.1 Å². The molecule has 172 valence electrons. The number of carbonyl (C=O) groups excluding carboxylic acids is 2. The number of benzene rings is 3. The van der Waals surface area contributed by atoms with E-state index in [0.29, 0.717) is 28.3 Å². The highest BCUT2D eigenvalue weighted by atomic mass is 32.2. The van der Waals surface area contributed by atoms with Crippen LogP contribution in [0.15, 0.2) is 71.6 Å². The van der Waals surface area contributed by atoms with Crippen molar-refractivity contribution < 1.29 is 27.5 Å². The van der Waals surface area contributed by atoms with E-state index in [1.165, 1.54) is 13.0 Å². The second-order valence-corrected chi connectivity index (χ2v) is 8.97. The maximum atomic E-state index is 12.5. The molecule has 0 bridgehead atoms. The molecule has 0 aliphatic heterocycles. The fourth-order valence-electron chi connectivity index (χ4n) is 3.00. The van der Waals surface area contributed by atoms with E-state index >= 15 is 0 Å². The molecule has 0 saturated carbocycles. The first-order valence-corrected chi connectivity index (χ1v) is 11.6. The molecule has 3 aromatic carbocycles. The molecule has 0 saturated heterocycles. The van der Waals surface area contributed by atoms with Crippen molar-refractivity contribution in [1.82, 2.24) is 0 Å². The number of anilines is 1. The van der Waals surface area contributed by atoms with Crippen LogP contribution in [0.2, 0.25) is 0 Å². The van der Waals surface area contributed by atoms with Gasteiger partial charge in [-0.2, -0.15) is 0 Å². The summed E-state index contributed by atoms with van der Waals surface area (Å²) in [7, 11) is -4.02. The summed E-state index contributed by atoms with van der Waals surface area (Å²) in [5.74, 6) is -0.0985. The molecule has 8 nitrogen and oxygen atoms in total. The van der Waals surface area contributed by atoms with E-state index < -0.39 is 28.0 Å². The van der Waals surface area contributed by atoms with E-state index in [0.717, 1.165) is 6.07 Å². The van der Waals surface area contributed by atoms with E-state index in [2.05, 4.69) is 5.32 Å². The molecule has 1 atom stereocenters. The zero-order valence-electron chi connectivity index (χ0n) is 18.4. The predicted octanol–water partition coefficient (Wildman–Crippen LogP) is 3.93. The number of amides is 1. The Balaban J connectivity index is 1.64. The van der Waals surface area contributed by atoms with Gasteiger partial charge >= 0.3 is 5.97 Å². The summed E-state index contributed by atoms with van der Waals surface area (Å²) in [6.45, 7) is 4.67. The molecule has 0 fully saturated rings.